The summed E-state index contributed by atoms with van der Waals surface area (Å²) >= 11 is 0. The summed E-state index contributed by atoms with van der Waals surface area (Å²) in [5.74, 6) is -13.5. The predicted molar refractivity (Wildman–Crippen MR) is 166 cm³/mol. The van der Waals surface area contributed by atoms with Crippen LogP contribution in [0.25, 0.3) is 11.1 Å². The monoisotopic (exact) mass is 716 g/mol. The van der Waals surface area contributed by atoms with Crippen molar-refractivity contribution in [2.75, 3.05) is 19.8 Å². The summed E-state index contributed by atoms with van der Waals surface area (Å²) in [6, 6.07) is 16.5. The summed E-state index contributed by atoms with van der Waals surface area (Å²) in [5.41, 5.74) is 1.57. The van der Waals surface area contributed by atoms with Crippen LogP contribution in [0.5, 0.6) is 11.5 Å². The molecule has 1 aliphatic carbocycles. The number of carbonyl (C=O) groups excluding carboxylic acids is 2. The Morgan fingerprint density at radius 3 is 1.98 bits per heavy atom. The molecule has 0 N–H and O–H groups in total. The van der Waals surface area contributed by atoms with Crippen LogP contribution in [0.4, 0.5) is 35.1 Å². The Balaban J connectivity index is 1.21. The van der Waals surface area contributed by atoms with Crippen LogP contribution < -0.4 is 9.47 Å². The number of carbonyl (C=O) groups is 2. The Bertz CT molecular complexity index is 1570. The number of hydrogen-bond acceptors (Lipinski definition) is 6. The number of rotatable bonds is 15. The number of benzene rings is 3. The number of halogens is 8. The number of alkyl halides is 7. The first-order valence-corrected chi connectivity index (χ1v) is 16.0. The Morgan fingerprint density at radius 1 is 0.780 bits per heavy atom. The molecule has 1 fully saturated rings. The molecule has 272 valence electrons. The molecule has 0 bridgehead atoms. The Kier molecular flexibility index (Phi) is 12.9. The van der Waals surface area contributed by atoms with Gasteiger partial charge in [0, 0.05) is 12.5 Å². The fourth-order valence-electron chi connectivity index (χ4n) is 5.47. The summed E-state index contributed by atoms with van der Waals surface area (Å²) in [7, 11) is 0. The van der Waals surface area contributed by atoms with Crippen LogP contribution in [-0.4, -0.2) is 55.9 Å². The fourth-order valence-corrected chi connectivity index (χ4v) is 5.47. The summed E-state index contributed by atoms with van der Waals surface area (Å²) < 4.78 is 124. The zero-order chi connectivity index (χ0) is 36.5. The van der Waals surface area contributed by atoms with Gasteiger partial charge in [0.25, 0.3) is 0 Å². The van der Waals surface area contributed by atoms with Crippen molar-refractivity contribution in [3.63, 3.8) is 0 Å². The molecule has 0 spiro atoms. The first kappa shape index (κ1) is 38.6. The average Bonchev–Trinajstić information content (AvgIpc) is 3.06. The van der Waals surface area contributed by atoms with Gasteiger partial charge in [-0.05, 0) is 66.8 Å². The van der Waals surface area contributed by atoms with E-state index in [1.165, 1.54) is 50.3 Å². The van der Waals surface area contributed by atoms with Crippen LogP contribution in [-0.2, 0) is 9.47 Å². The van der Waals surface area contributed by atoms with Gasteiger partial charge in [-0.15, -0.1) is 0 Å². The molecule has 1 saturated carbocycles. The van der Waals surface area contributed by atoms with Crippen molar-refractivity contribution in [2.45, 2.75) is 76.0 Å². The van der Waals surface area contributed by atoms with E-state index in [0.29, 0.717) is 11.5 Å². The standard InChI is InChI=1S/C36H36F8O6/c1-23(20-24-6-3-2-4-7-24)49-32(45)27-10-8-25(9-11-27)26-12-14-28(15-13-26)50-33(46)30-17-16-29(21-31(30)37)48-19-5-18-47-22-34(38,39)35(40,41)36(42,43)44/h8-17,21,23-24H,2-7,18-20,22H2,1H3/t23-/m0/s1. The van der Waals surface area contributed by atoms with Gasteiger partial charge < -0.3 is 18.9 Å². The Hall–Kier alpha value is -4.20. The van der Waals surface area contributed by atoms with E-state index in [4.69, 9.17) is 14.2 Å². The normalized spacial score (nSPS) is 15.0. The van der Waals surface area contributed by atoms with Crippen molar-refractivity contribution in [3.8, 4) is 22.6 Å². The molecular weight excluding hydrogens is 680 g/mol. The molecule has 50 heavy (non-hydrogen) atoms. The van der Waals surface area contributed by atoms with Crippen LogP contribution >= 0.6 is 0 Å². The smallest absolute Gasteiger partial charge is 0.459 e. The van der Waals surface area contributed by atoms with Crippen LogP contribution in [0.15, 0.2) is 66.7 Å². The van der Waals surface area contributed by atoms with Gasteiger partial charge in [0.1, 0.15) is 23.9 Å². The largest absolute Gasteiger partial charge is 0.493 e. The third-order valence-corrected chi connectivity index (χ3v) is 8.18. The maximum absolute atomic E-state index is 14.6. The highest BCUT2D eigenvalue weighted by molar-refractivity contribution is 5.92. The van der Waals surface area contributed by atoms with E-state index in [0.717, 1.165) is 29.7 Å². The van der Waals surface area contributed by atoms with E-state index in [1.807, 2.05) is 6.92 Å². The number of esters is 2. The molecule has 0 aliphatic heterocycles. The number of ether oxygens (including phenoxy) is 4. The molecule has 3 aromatic carbocycles. The Morgan fingerprint density at radius 2 is 1.38 bits per heavy atom. The van der Waals surface area contributed by atoms with Crippen molar-refractivity contribution < 1.29 is 63.7 Å². The SMILES string of the molecule is C[C@@H](CC1CCCCC1)OC(=O)c1ccc(-c2ccc(OC(=O)c3ccc(OCCCOCC(F)(F)C(F)(F)C(F)(F)F)cc3F)cc2)cc1. The molecule has 14 heteroatoms. The fraction of sp³-hybridized carbons (Fsp3) is 0.444. The Labute approximate surface area is 283 Å². The lowest BCUT2D eigenvalue weighted by Crippen LogP contribution is -2.54. The summed E-state index contributed by atoms with van der Waals surface area (Å²) in [4.78, 5) is 25.2. The van der Waals surface area contributed by atoms with Gasteiger partial charge in [0.15, 0.2) is 0 Å². The minimum absolute atomic E-state index is 0.0782. The predicted octanol–water partition coefficient (Wildman–Crippen LogP) is 9.85. The van der Waals surface area contributed by atoms with E-state index in [2.05, 4.69) is 4.74 Å². The van der Waals surface area contributed by atoms with Crippen LogP contribution in [0.1, 0.15) is 72.6 Å². The van der Waals surface area contributed by atoms with E-state index in [1.54, 1.807) is 36.4 Å². The molecule has 0 heterocycles. The molecule has 1 aliphatic rings. The molecule has 1 atom stereocenters. The lowest BCUT2D eigenvalue weighted by molar-refractivity contribution is -0.361. The maximum Gasteiger partial charge on any atom is 0.459 e. The second-order valence-electron chi connectivity index (χ2n) is 12.1. The lowest BCUT2D eigenvalue weighted by Gasteiger charge is -2.27. The highest BCUT2D eigenvalue weighted by Gasteiger charge is 2.73. The third kappa shape index (κ3) is 10.2. The molecule has 0 amide bonds. The van der Waals surface area contributed by atoms with Crippen molar-refractivity contribution in [1.82, 2.24) is 0 Å². The molecule has 0 aromatic heterocycles. The molecule has 0 saturated heterocycles. The van der Waals surface area contributed by atoms with Gasteiger partial charge in [-0.25, -0.2) is 14.0 Å². The quantitative estimate of drug-likeness (QED) is 0.0675. The summed E-state index contributed by atoms with van der Waals surface area (Å²) in [5, 5.41) is 0. The van der Waals surface area contributed by atoms with Gasteiger partial charge in [-0.2, -0.15) is 30.7 Å². The molecule has 0 radical (unpaired) electrons. The van der Waals surface area contributed by atoms with E-state index in [9.17, 15) is 44.7 Å². The molecule has 3 aromatic rings. The summed E-state index contributed by atoms with van der Waals surface area (Å²) in [6.45, 7) is -1.18. The maximum atomic E-state index is 14.6. The first-order chi connectivity index (χ1) is 23.6. The molecule has 6 nitrogen and oxygen atoms in total. The number of hydrogen-bond donors (Lipinski definition) is 0. The minimum Gasteiger partial charge on any atom is -0.493 e. The first-order valence-electron chi connectivity index (χ1n) is 16.0. The van der Waals surface area contributed by atoms with E-state index in [-0.39, 0.29) is 36.6 Å². The summed E-state index contributed by atoms with van der Waals surface area (Å²) in [6.07, 6.45) is 0.103. The van der Waals surface area contributed by atoms with Gasteiger partial charge >= 0.3 is 30.0 Å². The zero-order valence-electron chi connectivity index (χ0n) is 27.0. The van der Waals surface area contributed by atoms with Gasteiger partial charge in [-0.3, -0.25) is 0 Å². The minimum atomic E-state index is -6.45. The molecular formula is C36H36F8O6. The highest BCUT2D eigenvalue weighted by atomic mass is 19.4. The molecule has 4 rings (SSSR count). The average molecular weight is 717 g/mol. The van der Waals surface area contributed by atoms with Crippen LogP contribution in [0.2, 0.25) is 0 Å². The molecule has 0 unspecified atom stereocenters. The topological polar surface area (TPSA) is 71.1 Å². The zero-order valence-corrected chi connectivity index (χ0v) is 27.0. The second kappa shape index (κ2) is 16.7. The van der Waals surface area contributed by atoms with E-state index >= 15 is 0 Å². The third-order valence-electron chi connectivity index (χ3n) is 8.18. The lowest BCUT2D eigenvalue weighted by atomic mass is 9.86. The van der Waals surface area contributed by atoms with Crippen molar-refractivity contribution in [2.24, 2.45) is 5.92 Å². The van der Waals surface area contributed by atoms with Gasteiger partial charge in [0.2, 0.25) is 0 Å². The van der Waals surface area contributed by atoms with Crippen molar-refractivity contribution >= 4 is 11.9 Å². The van der Waals surface area contributed by atoms with Crippen LogP contribution in [0, 0.1) is 11.7 Å². The van der Waals surface area contributed by atoms with Crippen molar-refractivity contribution in [1.29, 1.82) is 0 Å². The van der Waals surface area contributed by atoms with Gasteiger partial charge in [0.05, 0.1) is 30.4 Å². The highest BCUT2D eigenvalue weighted by Crippen LogP contribution is 2.46. The van der Waals surface area contributed by atoms with E-state index < -0.39 is 48.6 Å². The second-order valence-corrected chi connectivity index (χ2v) is 12.1. The van der Waals surface area contributed by atoms with Crippen molar-refractivity contribution in [3.05, 3.63) is 83.7 Å². The van der Waals surface area contributed by atoms with Crippen LogP contribution in [0.3, 0.4) is 0 Å². The van der Waals surface area contributed by atoms with Gasteiger partial charge in [-0.1, -0.05) is 56.4 Å².